The molecule has 0 aliphatic heterocycles. The van der Waals surface area contributed by atoms with Crippen LogP contribution in [0.5, 0.6) is 0 Å². The largest absolute Gasteiger partial charge is 0.351 e. The minimum Gasteiger partial charge on any atom is -0.351 e. The van der Waals surface area contributed by atoms with Gasteiger partial charge in [0, 0.05) is 10.6 Å². The van der Waals surface area contributed by atoms with E-state index in [1.165, 1.54) is 4.90 Å². The maximum atomic E-state index is 12.5. The van der Waals surface area contributed by atoms with Gasteiger partial charge in [-0.2, -0.15) is 0 Å². The maximum absolute atomic E-state index is 12.5. The molecule has 1 heterocycles. The molecular formula is C27H25ClN4O. The number of hydrogen-bond donors (Lipinski definition) is 1. The summed E-state index contributed by atoms with van der Waals surface area (Å²) in [7, 11) is 0. The molecule has 6 heteroatoms. The van der Waals surface area contributed by atoms with Crippen LogP contribution in [-0.2, 0) is 12.8 Å². The molecule has 5 nitrogen and oxygen atoms in total. The molecule has 2 amide bonds. The summed E-state index contributed by atoms with van der Waals surface area (Å²) in [5.74, 6) is 0.574. The number of aryl methyl sites for hydroxylation is 2. The molecule has 4 rings (SSSR count). The Labute approximate surface area is 198 Å². The van der Waals surface area contributed by atoms with Crippen LogP contribution in [-0.4, -0.2) is 16.0 Å². The number of carbonyl (C=O) groups is 1. The zero-order chi connectivity index (χ0) is 23.4. The number of benzene rings is 3. The van der Waals surface area contributed by atoms with Gasteiger partial charge in [0.2, 0.25) is 0 Å². The average Bonchev–Trinajstić information content (AvgIpc) is 2.85. The van der Waals surface area contributed by atoms with Gasteiger partial charge in [-0.15, -0.1) is 0 Å². The van der Waals surface area contributed by atoms with Gasteiger partial charge >= 0.3 is 6.03 Å². The predicted molar refractivity (Wildman–Crippen MR) is 135 cm³/mol. The highest BCUT2D eigenvalue weighted by Gasteiger charge is 2.21. The van der Waals surface area contributed by atoms with Crippen LogP contribution in [0.3, 0.4) is 0 Å². The van der Waals surface area contributed by atoms with E-state index >= 15 is 0 Å². The fourth-order valence-corrected chi connectivity index (χ4v) is 4.03. The first-order valence-corrected chi connectivity index (χ1v) is 11.3. The van der Waals surface area contributed by atoms with Crippen LogP contribution in [0, 0.1) is 0 Å². The van der Waals surface area contributed by atoms with Crippen molar-refractivity contribution in [1.82, 2.24) is 9.97 Å². The number of primary amides is 1. The van der Waals surface area contributed by atoms with Crippen LogP contribution in [0.1, 0.15) is 25.0 Å². The summed E-state index contributed by atoms with van der Waals surface area (Å²) >= 11 is 5.98. The van der Waals surface area contributed by atoms with Gasteiger partial charge in [-0.05, 0) is 47.2 Å². The summed E-state index contributed by atoms with van der Waals surface area (Å²) in [4.78, 5) is 23.0. The molecule has 0 saturated heterocycles. The Kier molecular flexibility index (Phi) is 6.71. The van der Waals surface area contributed by atoms with Crippen LogP contribution in [0.15, 0.2) is 79.1 Å². The third-order valence-corrected chi connectivity index (χ3v) is 5.88. The van der Waals surface area contributed by atoms with Crippen LogP contribution in [0.4, 0.5) is 16.2 Å². The van der Waals surface area contributed by atoms with Crippen molar-refractivity contribution in [3.63, 3.8) is 0 Å². The standard InChI is InChI=1S/C27H25ClN4O/c1-3-18-6-5-7-19(4-2)25(18)32(27(29)33)24-16-30-26(31-17-24)22-10-8-20(9-11-22)21-12-14-23(28)15-13-21/h5-17H,3-4H2,1-2H3,(H2,29,33). The topological polar surface area (TPSA) is 72.1 Å². The van der Waals surface area contributed by atoms with Crippen molar-refractivity contribution < 1.29 is 4.79 Å². The summed E-state index contributed by atoms with van der Waals surface area (Å²) in [5.41, 5.74) is 12.3. The summed E-state index contributed by atoms with van der Waals surface area (Å²) < 4.78 is 0. The van der Waals surface area contributed by atoms with Gasteiger partial charge < -0.3 is 5.73 Å². The Morgan fingerprint density at radius 1 is 0.818 bits per heavy atom. The first-order valence-electron chi connectivity index (χ1n) is 10.9. The van der Waals surface area contributed by atoms with E-state index in [9.17, 15) is 4.79 Å². The number of aromatic nitrogens is 2. The van der Waals surface area contributed by atoms with Crippen LogP contribution in [0.25, 0.3) is 22.5 Å². The number of rotatable bonds is 6. The van der Waals surface area contributed by atoms with E-state index in [1.54, 1.807) is 12.4 Å². The lowest BCUT2D eigenvalue weighted by atomic mass is 10.0. The van der Waals surface area contributed by atoms with Gasteiger partial charge in [-0.3, -0.25) is 4.90 Å². The van der Waals surface area contributed by atoms with Gasteiger partial charge in [0.25, 0.3) is 0 Å². The van der Waals surface area contributed by atoms with E-state index in [1.807, 2.05) is 66.7 Å². The lowest BCUT2D eigenvalue weighted by Crippen LogP contribution is -2.33. The molecule has 0 atom stereocenters. The molecule has 0 aliphatic rings. The maximum Gasteiger partial charge on any atom is 0.324 e. The fraction of sp³-hybridized carbons (Fsp3) is 0.148. The smallest absolute Gasteiger partial charge is 0.324 e. The third kappa shape index (κ3) is 4.73. The van der Waals surface area contributed by atoms with E-state index in [0.29, 0.717) is 16.5 Å². The number of amides is 2. The lowest BCUT2D eigenvalue weighted by molar-refractivity contribution is 0.256. The minimum absolute atomic E-state index is 0.541. The van der Waals surface area contributed by atoms with Crippen LogP contribution < -0.4 is 10.6 Å². The summed E-state index contributed by atoms with van der Waals surface area (Å²) in [6, 6.07) is 21.2. The number of urea groups is 1. The number of hydrogen-bond acceptors (Lipinski definition) is 3. The molecule has 0 bridgehead atoms. The first-order chi connectivity index (χ1) is 16.0. The van der Waals surface area contributed by atoms with Crippen molar-refractivity contribution in [3.05, 3.63) is 95.3 Å². The second kappa shape index (κ2) is 9.84. The highest BCUT2D eigenvalue weighted by molar-refractivity contribution is 6.30. The number of para-hydroxylation sites is 1. The monoisotopic (exact) mass is 456 g/mol. The Morgan fingerprint density at radius 3 is 1.79 bits per heavy atom. The Balaban J connectivity index is 1.65. The minimum atomic E-state index is -0.561. The van der Waals surface area contributed by atoms with Gasteiger partial charge in [0.05, 0.1) is 23.8 Å². The van der Waals surface area contributed by atoms with Crippen molar-refractivity contribution in [2.75, 3.05) is 4.90 Å². The van der Waals surface area contributed by atoms with E-state index < -0.39 is 6.03 Å². The SMILES string of the molecule is CCc1cccc(CC)c1N(C(N)=O)c1cnc(-c2ccc(-c3ccc(Cl)cc3)cc2)nc1. The Morgan fingerprint density at radius 2 is 1.30 bits per heavy atom. The van der Waals surface area contributed by atoms with E-state index in [-0.39, 0.29) is 0 Å². The highest BCUT2D eigenvalue weighted by Crippen LogP contribution is 2.33. The molecule has 3 aromatic carbocycles. The van der Waals surface area contributed by atoms with Gasteiger partial charge in [-0.1, -0.05) is 80.0 Å². The molecule has 0 fully saturated rings. The van der Waals surface area contributed by atoms with Crippen LogP contribution in [0.2, 0.25) is 5.02 Å². The quantitative estimate of drug-likeness (QED) is 0.346. The van der Waals surface area contributed by atoms with E-state index in [2.05, 4.69) is 23.8 Å². The Hall–Kier alpha value is -3.70. The second-order valence-corrected chi connectivity index (χ2v) is 8.09. The summed E-state index contributed by atoms with van der Waals surface area (Å²) in [6.45, 7) is 4.12. The second-order valence-electron chi connectivity index (χ2n) is 7.65. The summed E-state index contributed by atoms with van der Waals surface area (Å²) in [5, 5.41) is 0.710. The van der Waals surface area contributed by atoms with Crippen molar-refractivity contribution in [1.29, 1.82) is 0 Å². The molecule has 166 valence electrons. The number of carbonyl (C=O) groups excluding carboxylic acids is 1. The van der Waals surface area contributed by atoms with Crippen LogP contribution >= 0.6 is 11.6 Å². The molecule has 4 aromatic rings. The highest BCUT2D eigenvalue weighted by atomic mass is 35.5. The van der Waals surface area contributed by atoms with Gasteiger partial charge in [-0.25, -0.2) is 14.8 Å². The van der Waals surface area contributed by atoms with Crippen molar-refractivity contribution in [2.45, 2.75) is 26.7 Å². The zero-order valence-corrected chi connectivity index (χ0v) is 19.4. The molecular weight excluding hydrogens is 432 g/mol. The molecule has 1 aromatic heterocycles. The normalized spacial score (nSPS) is 10.8. The number of anilines is 2. The molecule has 0 unspecified atom stereocenters. The zero-order valence-electron chi connectivity index (χ0n) is 18.6. The number of nitrogens with two attached hydrogens (primary N) is 1. The summed E-state index contributed by atoms with van der Waals surface area (Å²) in [6.07, 6.45) is 4.86. The van der Waals surface area contributed by atoms with E-state index in [4.69, 9.17) is 17.3 Å². The first kappa shape index (κ1) is 22.5. The number of nitrogens with zero attached hydrogens (tertiary/aromatic N) is 3. The predicted octanol–water partition coefficient (Wildman–Crippen LogP) is 6.81. The van der Waals surface area contributed by atoms with Gasteiger partial charge in [0.1, 0.15) is 0 Å². The van der Waals surface area contributed by atoms with Crippen molar-refractivity contribution in [3.8, 4) is 22.5 Å². The fourth-order valence-electron chi connectivity index (χ4n) is 3.91. The lowest BCUT2D eigenvalue weighted by Gasteiger charge is -2.25. The van der Waals surface area contributed by atoms with Gasteiger partial charge in [0.15, 0.2) is 5.82 Å². The molecule has 0 saturated carbocycles. The van der Waals surface area contributed by atoms with Crippen molar-refractivity contribution in [2.24, 2.45) is 5.73 Å². The molecule has 2 N–H and O–H groups in total. The molecule has 0 aliphatic carbocycles. The molecule has 33 heavy (non-hydrogen) atoms. The average molecular weight is 457 g/mol. The molecule has 0 radical (unpaired) electrons. The van der Waals surface area contributed by atoms with E-state index in [0.717, 1.165) is 46.3 Å². The Bertz CT molecular complexity index is 1230. The molecule has 0 spiro atoms. The number of halogens is 1. The third-order valence-electron chi connectivity index (χ3n) is 5.63. The van der Waals surface area contributed by atoms with Crippen molar-refractivity contribution >= 4 is 29.0 Å².